The Labute approximate surface area is 95.7 Å². The van der Waals surface area contributed by atoms with Gasteiger partial charge >= 0.3 is 0 Å². The molecule has 0 aliphatic rings. The van der Waals surface area contributed by atoms with Crippen molar-refractivity contribution in [3.05, 3.63) is 23.7 Å². The van der Waals surface area contributed by atoms with E-state index >= 15 is 0 Å². The van der Waals surface area contributed by atoms with Crippen LogP contribution in [0.1, 0.15) is 43.0 Å². The summed E-state index contributed by atoms with van der Waals surface area (Å²) in [7, 11) is 0. The summed E-state index contributed by atoms with van der Waals surface area (Å²) >= 11 is 0. The molecule has 0 bridgehead atoms. The number of hydrogen-bond acceptors (Lipinski definition) is 3. The maximum absolute atomic E-state index is 11.6. The second-order valence-electron chi connectivity index (χ2n) is 3.77. The molecule has 0 saturated heterocycles. The molecule has 0 radical (unpaired) electrons. The van der Waals surface area contributed by atoms with Crippen LogP contribution in [0.3, 0.4) is 0 Å². The number of aliphatic hydroxyl groups is 1. The first-order valence-corrected chi connectivity index (χ1v) is 5.72. The largest absolute Gasteiger partial charge is 0.456 e. The van der Waals surface area contributed by atoms with Crippen molar-refractivity contribution < 1.29 is 14.3 Å². The zero-order valence-corrected chi connectivity index (χ0v) is 9.82. The molecule has 0 aliphatic heterocycles. The fraction of sp³-hybridized carbons (Fsp3) is 0.583. The van der Waals surface area contributed by atoms with E-state index in [1.165, 1.54) is 0 Å². The van der Waals surface area contributed by atoms with Gasteiger partial charge in [-0.05, 0) is 18.6 Å². The van der Waals surface area contributed by atoms with Gasteiger partial charge in [-0.1, -0.05) is 20.3 Å². The maximum atomic E-state index is 11.6. The molecule has 1 aromatic rings. The van der Waals surface area contributed by atoms with Crippen molar-refractivity contribution in [1.29, 1.82) is 0 Å². The highest BCUT2D eigenvalue weighted by molar-refractivity contribution is 5.91. The fourth-order valence-electron chi connectivity index (χ4n) is 1.42. The highest BCUT2D eigenvalue weighted by Crippen LogP contribution is 2.08. The molecule has 4 nitrogen and oxygen atoms in total. The van der Waals surface area contributed by atoms with Crippen LogP contribution in [-0.4, -0.2) is 23.7 Å². The van der Waals surface area contributed by atoms with Crippen LogP contribution in [0.5, 0.6) is 0 Å². The Hall–Kier alpha value is -1.29. The minimum Gasteiger partial charge on any atom is -0.456 e. The highest BCUT2D eigenvalue weighted by Gasteiger charge is 2.11. The van der Waals surface area contributed by atoms with E-state index in [1.54, 1.807) is 12.1 Å². The van der Waals surface area contributed by atoms with Crippen molar-refractivity contribution in [1.82, 2.24) is 5.32 Å². The number of rotatable bonds is 6. The summed E-state index contributed by atoms with van der Waals surface area (Å²) in [6, 6.07) is 3.44. The first-order valence-electron chi connectivity index (χ1n) is 5.72. The van der Waals surface area contributed by atoms with E-state index in [1.807, 2.05) is 13.8 Å². The number of aryl methyl sites for hydroxylation is 1. The number of carbonyl (C=O) groups excluding carboxylic acids is 1. The van der Waals surface area contributed by atoms with Crippen LogP contribution < -0.4 is 5.32 Å². The second-order valence-corrected chi connectivity index (χ2v) is 3.77. The zero-order valence-electron chi connectivity index (χ0n) is 9.82. The van der Waals surface area contributed by atoms with Gasteiger partial charge in [0.2, 0.25) is 0 Å². The molecule has 90 valence electrons. The van der Waals surface area contributed by atoms with E-state index in [0.29, 0.717) is 12.2 Å². The summed E-state index contributed by atoms with van der Waals surface area (Å²) in [6.45, 7) is 4.23. The van der Waals surface area contributed by atoms with Crippen LogP contribution in [0.4, 0.5) is 0 Å². The van der Waals surface area contributed by atoms with Gasteiger partial charge in [-0.2, -0.15) is 0 Å². The molecule has 0 saturated carbocycles. The Kier molecular flexibility index (Phi) is 5.05. The first kappa shape index (κ1) is 12.8. The van der Waals surface area contributed by atoms with E-state index in [2.05, 4.69) is 5.32 Å². The lowest BCUT2D eigenvalue weighted by Gasteiger charge is -2.09. The highest BCUT2D eigenvalue weighted by atomic mass is 16.3. The van der Waals surface area contributed by atoms with Crippen molar-refractivity contribution in [2.75, 3.05) is 6.54 Å². The van der Waals surface area contributed by atoms with Crippen LogP contribution in [0.15, 0.2) is 16.5 Å². The smallest absolute Gasteiger partial charge is 0.287 e. The van der Waals surface area contributed by atoms with Crippen molar-refractivity contribution in [2.45, 2.75) is 39.2 Å². The van der Waals surface area contributed by atoms with Gasteiger partial charge in [-0.25, -0.2) is 0 Å². The molecule has 1 aromatic heterocycles. The van der Waals surface area contributed by atoms with Crippen molar-refractivity contribution in [2.24, 2.45) is 0 Å². The number of aliphatic hydroxyl groups excluding tert-OH is 1. The van der Waals surface area contributed by atoms with Crippen LogP contribution in [0, 0.1) is 0 Å². The average Bonchev–Trinajstić information content (AvgIpc) is 2.75. The lowest BCUT2D eigenvalue weighted by atomic mass is 10.2. The number of amides is 1. The van der Waals surface area contributed by atoms with Gasteiger partial charge in [0.25, 0.3) is 5.91 Å². The molecule has 1 atom stereocenters. The average molecular weight is 225 g/mol. The number of hydrogen-bond donors (Lipinski definition) is 2. The Morgan fingerprint density at radius 2 is 2.25 bits per heavy atom. The van der Waals surface area contributed by atoms with E-state index in [9.17, 15) is 9.90 Å². The SMILES string of the molecule is CCCC(O)CNC(=O)c1ccc(CC)o1. The van der Waals surface area contributed by atoms with Crippen molar-refractivity contribution in [3.63, 3.8) is 0 Å². The van der Waals surface area contributed by atoms with E-state index in [0.717, 1.165) is 18.6 Å². The lowest BCUT2D eigenvalue weighted by molar-refractivity contribution is 0.0881. The van der Waals surface area contributed by atoms with Gasteiger partial charge in [0.1, 0.15) is 5.76 Å². The minimum atomic E-state index is -0.477. The van der Waals surface area contributed by atoms with E-state index < -0.39 is 6.10 Å². The molecule has 1 amide bonds. The fourth-order valence-corrected chi connectivity index (χ4v) is 1.42. The molecule has 0 spiro atoms. The zero-order chi connectivity index (χ0) is 12.0. The van der Waals surface area contributed by atoms with Crippen molar-refractivity contribution in [3.8, 4) is 0 Å². The maximum Gasteiger partial charge on any atom is 0.287 e. The standard InChI is InChI=1S/C12H19NO3/c1-3-5-9(14)8-13-12(15)11-7-6-10(4-2)16-11/h6-7,9,14H,3-5,8H2,1-2H3,(H,13,15). The predicted molar refractivity (Wildman–Crippen MR) is 61.3 cm³/mol. The third-order valence-corrected chi connectivity index (χ3v) is 2.35. The van der Waals surface area contributed by atoms with E-state index in [-0.39, 0.29) is 12.5 Å². The number of carbonyl (C=O) groups is 1. The molecule has 16 heavy (non-hydrogen) atoms. The monoisotopic (exact) mass is 225 g/mol. The van der Waals surface area contributed by atoms with Crippen LogP contribution >= 0.6 is 0 Å². The van der Waals surface area contributed by atoms with E-state index in [4.69, 9.17) is 4.42 Å². The minimum absolute atomic E-state index is 0.269. The van der Waals surface area contributed by atoms with Gasteiger partial charge in [-0.15, -0.1) is 0 Å². The number of furan rings is 1. The van der Waals surface area contributed by atoms with Gasteiger partial charge in [0, 0.05) is 13.0 Å². The first-order chi connectivity index (χ1) is 7.67. The summed E-state index contributed by atoms with van der Waals surface area (Å²) in [6.07, 6.45) is 1.89. The molecule has 0 aliphatic carbocycles. The van der Waals surface area contributed by atoms with Gasteiger partial charge in [-0.3, -0.25) is 4.79 Å². The molecule has 1 heterocycles. The molecule has 2 N–H and O–H groups in total. The van der Waals surface area contributed by atoms with Crippen molar-refractivity contribution >= 4 is 5.91 Å². The summed E-state index contributed by atoms with van der Waals surface area (Å²) < 4.78 is 5.29. The number of nitrogens with one attached hydrogen (secondary N) is 1. The quantitative estimate of drug-likeness (QED) is 0.775. The van der Waals surface area contributed by atoms with Crippen LogP contribution in [-0.2, 0) is 6.42 Å². The molecule has 1 rings (SSSR count). The Balaban J connectivity index is 2.40. The molecule has 1 unspecified atom stereocenters. The summed E-state index contributed by atoms with van der Waals surface area (Å²) in [5, 5.41) is 12.1. The van der Waals surface area contributed by atoms with Gasteiger partial charge in [0.05, 0.1) is 6.10 Å². The van der Waals surface area contributed by atoms with Crippen LogP contribution in [0.25, 0.3) is 0 Å². The predicted octanol–water partition coefficient (Wildman–Crippen LogP) is 1.73. The molecule has 4 heteroatoms. The molecular formula is C12H19NO3. The van der Waals surface area contributed by atoms with Gasteiger partial charge < -0.3 is 14.8 Å². The lowest BCUT2D eigenvalue weighted by Crippen LogP contribution is -2.31. The molecule has 0 fully saturated rings. The summed E-state index contributed by atoms with van der Waals surface area (Å²) in [4.78, 5) is 11.6. The molecule has 0 aromatic carbocycles. The summed E-state index contributed by atoms with van der Waals surface area (Å²) in [5.41, 5.74) is 0. The summed E-state index contributed by atoms with van der Waals surface area (Å²) in [5.74, 6) is 0.828. The normalized spacial score (nSPS) is 12.4. The molecular weight excluding hydrogens is 206 g/mol. The Bertz CT molecular complexity index is 333. The topological polar surface area (TPSA) is 62.5 Å². The third kappa shape index (κ3) is 3.70. The third-order valence-electron chi connectivity index (χ3n) is 2.35. The second kappa shape index (κ2) is 6.33. The van der Waals surface area contributed by atoms with Crippen LogP contribution in [0.2, 0.25) is 0 Å². The Morgan fingerprint density at radius 1 is 1.50 bits per heavy atom. The van der Waals surface area contributed by atoms with Gasteiger partial charge in [0.15, 0.2) is 5.76 Å². The Morgan fingerprint density at radius 3 is 2.81 bits per heavy atom.